The number of nitrogens with zero attached hydrogens (tertiary/aromatic N) is 3. The van der Waals surface area contributed by atoms with Crippen molar-refractivity contribution in [2.24, 2.45) is 5.10 Å². The van der Waals surface area contributed by atoms with Crippen molar-refractivity contribution in [3.63, 3.8) is 0 Å². The van der Waals surface area contributed by atoms with Crippen LogP contribution in [0.2, 0.25) is 0 Å². The molecule has 0 bridgehead atoms. The molecule has 0 radical (unpaired) electrons. The Labute approximate surface area is 142 Å². The van der Waals surface area contributed by atoms with Crippen LogP contribution >= 0.6 is 0 Å². The van der Waals surface area contributed by atoms with E-state index >= 15 is 0 Å². The van der Waals surface area contributed by atoms with E-state index in [1.165, 1.54) is 24.4 Å². The lowest BCUT2D eigenvalue weighted by Crippen LogP contribution is -2.18. The largest absolute Gasteiger partial charge is 0.508 e. The van der Waals surface area contributed by atoms with Gasteiger partial charge in [-0.2, -0.15) is 5.10 Å². The predicted molar refractivity (Wildman–Crippen MR) is 92.9 cm³/mol. The molecule has 0 saturated heterocycles. The molecule has 8 heteroatoms. The Bertz CT molecular complexity index is 954. The van der Waals surface area contributed by atoms with Gasteiger partial charge in [-0.25, -0.2) is 5.43 Å². The van der Waals surface area contributed by atoms with Crippen LogP contribution in [0, 0.1) is 0 Å². The lowest BCUT2D eigenvalue weighted by Gasteiger charge is -2.02. The highest BCUT2D eigenvalue weighted by molar-refractivity contribution is 5.84. The first-order valence-electron chi connectivity index (χ1n) is 7.42. The van der Waals surface area contributed by atoms with Crippen molar-refractivity contribution in [2.45, 2.75) is 6.42 Å². The minimum Gasteiger partial charge on any atom is -0.508 e. The second kappa shape index (κ2) is 7.26. The molecule has 0 aliphatic heterocycles. The number of benzene rings is 2. The fourth-order valence-electron chi connectivity index (χ4n) is 2.12. The molecule has 0 spiro atoms. The van der Waals surface area contributed by atoms with Crippen LogP contribution in [0.25, 0.3) is 0 Å². The monoisotopic (exact) mass is 337 g/mol. The molecule has 3 rings (SSSR count). The molecule has 4 N–H and O–H groups in total. The van der Waals surface area contributed by atoms with E-state index in [0.29, 0.717) is 17.7 Å². The summed E-state index contributed by atoms with van der Waals surface area (Å²) in [5, 5.41) is 30.5. The van der Waals surface area contributed by atoms with E-state index in [1.54, 1.807) is 0 Å². The Balaban J connectivity index is 1.68. The number of anilines is 1. The van der Waals surface area contributed by atoms with Crippen LogP contribution in [0.15, 0.2) is 58.4 Å². The lowest BCUT2D eigenvalue weighted by molar-refractivity contribution is 0.450. The fraction of sp³-hybridized carbons (Fsp3) is 0.0588. The zero-order valence-electron chi connectivity index (χ0n) is 13.0. The van der Waals surface area contributed by atoms with E-state index in [4.69, 9.17) is 0 Å². The highest BCUT2D eigenvalue weighted by atomic mass is 16.3. The minimum atomic E-state index is -0.357. The summed E-state index contributed by atoms with van der Waals surface area (Å²) in [7, 11) is 0. The summed E-state index contributed by atoms with van der Waals surface area (Å²) in [5.41, 5.74) is 3.83. The molecule has 1 aromatic heterocycles. The van der Waals surface area contributed by atoms with Gasteiger partial charge in [0.25, 0.3) is 5.56 Å². The minimum absolute atomic E-state index is 0.0492. The SMILES string of the molecule is O=c1[nH]c(NN=Cc2ccc(O)cc2O)nnc1Cc1ccccc1. The summed E-state index contributed by atoms with van der Waals surface area (Å²) in [6, 6.07) is 13.6. The first-order valence-corrected chi connectivity index (χ1v) is 7.42. The van der Waals surface area contributed by atoms with Gasteiger partial charge in [-0.3, -0.25) is 9.78 Å². The van der Waals surface area contributed by atoms with E-state index in [-0.39, 0.29) is 23.0 Å². The topological polar surface area (TPSA) is 123 Å². The number of H-pyrrole nitrogens is 1. The quantitative estimate of drug-likeness (QED) is 0.414. The van der Waals surface area contributed by atoms with E-state index < -0.39 is 0 Å². The standard InChI is InChI=1S/C17H15N5O3/c23-13-7-6-12(15(24)9-13)10-18-21-17-19-16(25)14(20-22-17)8-11-4-2-1-3-5-11/h1-7,9-10,23-24H,8H2,(H2,19,21,22,25). The number of phenolic OH excluding ortho intramolecular Hbond substituents is 2. The zero-order chi connectivity index (χ0) is 17.6. The van der Waals surface area contributed by atoms with Gasteiger partial charge in [-0.1, -0.05) is 30.3 Å². The molecule has 0 fully saturated rings. The average Bonchev–Trinajstić information content (AvgIpc) is 2.60. The van der Waals surface area contributed by atoms with Crippen LogP contribution in [-0.4, -0.2) is 31.6 Å². The molecular formula is C17H15N5O3. The molecule has 0 aliphatic carbocycles. The predicted octanol–water partition coefficient (Wildman–Crippen LogP) is 1.61. The Morgan fingerprint density at radius 3 is 2.64 bits per heavy atom. The summed E-state index contributed by atoms with van der Waals surface area (Å²) in [6.07, 6.45) is 1.71. The summed E-state index contributed by atoms with van der Waals surface area (Å²) < 4.78 is 0. The molecule has 0 amide bonds. The van der Waals surface area contributed by atoms with Crippen LogP contribution in [0.1, 0.15) is 16.8 Å². The Hall–Kier alpha value is -3.68. The van der Waals surface area contributed by atoms with Crippen LogP contribution in [0.3, 0.4) is 0 Å². The third-order valence-corrected chi connectivity index (χ3v) is 3.37. The highest BCUT2D eigenvalue weighted by Gasteiger charge is 2.05. The zero-order valence-corrected chi connectivity index (χ0v) is 13.0. The maximum Gasteiger partial charge on any atom is 0.274 e. The maximum absolute atomic E-state index is 12.1. The lowest BCUT2D eigenvalue weighted by atomic mass is 10.1. The number of phenols is 2. The number of rotatable bonds is 5. The highest BCUT2D eigenvalue weighted by Crippen LogP contribution is 2.20. The smallest absolute Gasteiger partial charge is 0.274 e. The molecule has 8 nitrogen and oxygen atoms in total. The van der Waals surface area contributed by atoms with Crippen molar-refractivity contribution < 1.29 is 10.2 Å². The van der Waals surface area contributed by atoms with Crippen molar-refractivity contribution >= 4 is 12.2 Å². The number of aromatic amines is 1. The van der Waals surface area contributed by atoms with Gasteiger partial charge in [0.15, 0.2) is 0 Å². The van der Waals surface area contributed by atoms with Gasteiger partial charge in [0.2, 0.25) is 5.95 Å². The number of hydrazone groups is 1. The number of aromatic hydroxyl groups is 2. The number of aromatic nitrogens is 3. The summed E-state index contributed by atoms with van der Waals surface area (Å²) >= 11 is 0. The van der Waals surface area contributed by atoms with Crippen LogP contribution < -0.4 is 11.0 Å². The van der Waals surface area contributed by atoms with Crippen molar-refractivity contribution in [3.05, 3.63) is 75.7 Å². The van der Waals surface area contributed by atoms with Crippen molar-refractivity contribution in [1.29, 1.82) is 0 Å². The average molecular weight is 337 g/mol. The number of nitrogens with one attached hydrogen (secondary N) is 2. The number of hydrogen-bond donors (Lipinski definition) is 4. The van der Waals surface area contributed by atoms with Crippen LogP contribution in [-0.2, 0) is 6.42 Å². The molecule has 3 aromatic rings. The first kappa shape index (κ1) is 16.2. The van der Waals surface area contributed by atoms with Gasteiger partial charge in [-0.05, 0) is 17.7 Å². The van der Waals surface area contributed by atoms with Crippen molar-refractivity contribution in [3.8, 4) is 11.5 Å². The van der Waals surface area contributed by atoms with E-state index in [9.17, 15) is 15.0 Å². The Morgan fingerprint density at radius 1 is 1.12 bits per heavy atom. The molecule has 0 saturated carbocycles. The van der Waals surface area contributed by atoms with E-state index in [0.717, 1.165) is 5.56 Å². The Morgan fingerprint density at radius 2 is 1.92 bits per heavy atom. The molecule has 2 aromatic carbocycles. The van der Waals surface area contributed by atoms with Crippen molar-refractivity contribution in [2.75, 3.05) is 5.43 Å². The third-order valence-electron chi connectivity index (χ3n) is 3.37. The molecule has 25 heavy (non-hydrogen) atoms. The van der Waals surface area contributed by atoms with Gasteiger partial charge in [-0.15, -0.1) is 10.2 Å². The molecule has 126 valence electrons. The first-order chi connectivity index (χ1) is 12.1. The van der Waals surface area contributed by atoms with Gasteiger partial charge >= 0.3 is 0 Å². The van der Waals surface area contributed by atoms with E-state index in [2.05, 4.69) is 25.7 Å². The maximum atomic E-state index is 12.1. The van der Waals surface area contributed by atoms with Crippen LogP contribution in [0.4, 0.5) is 5.95 Å². The van der Waals surface area contributed by atoms with E-state index in [1.807, 2.05) is 30.3 Å². The van der Waals surface area contributed by atoms with Crippen LogP contribution in [0.5, 0.6) is 11.5 Å². The van der Waals surface area contributed by atoms with Gasteiger partial charge < -0.3 is 10.2 Å². The molecule has 0 atom stereocenters. The summed E-state index contributed by atoms with van der Waals surface area (Å²) in [6.45, 7) is 0. The van der Waals surface area contributed by atoms with Crippen molar-refractivity contribution in [1.82, 2.24) is 15.2 Å². The molecule has 0 aliphatic rings. The number of hydrogen-bond acceptors (Lipinski definition) is 7. The second-order valence-corrected chi connectivity index (χ2v) is 5.22. The van der Waals surface area contributed by atoms with Gasteiger partial charge in [0.05, 0.1) is 6.21 Å². The Kier molecular flexibility index (Phi) is 4.70. The van der Waals surface area contributed by atoms with Gasteiger partial charge in [0, 0.05) is 18.1 Å². The normalized spacial score (nSPS) is 10.9. The third kappa shape index (κ3) is 4.20. The second-order valence-electron chi connectivity index (χ2n) is 5.22. The summed E-state index contributed by atoms with van der Waals surface area (Å²) in [4.78, 5) is 14.6. The molecule has 1 heterocycles. The molecule has 0 unspecified atom stereocenters. The summed E-state index contributed by atoms with van der Waals surface area (Å²) in [5.74, 6) is -0.0912. The van der Waals surface area contributed by atoms with Gasteiger partial charge in [0.1, 0.15) is 17.2 Å². The molecular weight excluding hydrogens is 322 g/mol. The fourth-order valence-corrected chi connectivity index (χ4v) is 2.12.